The summed E-state index contributed by atoms with van der Waals surface area (Å²) in [6, 6.07) is 15.0. The molecular weight excluding hydrogens is 417 g/mol. The lowest BCUT2D eigenvalue weighted by Crippen LogP contribution is -2.30. The van der Waals surface area contributed by atoms with Crippen molar-refractivity contribution in [2.75, 3.05) is 5.32 Å². The summed E-state index contributed by atoms with van der Waals surface area (Å²) in [5.74, 6) is -2.04. The zero-order valence-electron chi connectivity index (χ0n) is 14.2. The fraction of sp³-hybridized carbons (Fsp3) is 0.100. The Morgan fingerprint density at radius 1 is 1.15 bits per heavy atom. The molecule has 1 N–H and O–H groups in total. The van der Waals surface area contributed by atoms with Gasteiger partial charge in [-0.2, -0.15) is 0 Å². The molecule has 3 rings (SSSR count). The first kappa shape index (κ1) is 18.8. The van der Waals surface area contributed by atoms with Gasteiger partial charge in [-0.1, -0.05) is 46.3 Å². The first-order chi connectivity index (χ1) is 13.0. The average molecular weight is 432 g/mol. The van der Waals surface area contributed by atoms with Gasteiger partial charge in [0, 0.05) is 10.0 Å². The minimum Gasteiger partial charge on any atom is -0.457 e. The van der Waals surface area contributed by atoms with Gasteiger partial charge < -0.3 is 14.5 Å². The van der Waals surface area contributed by atoms with Crippen molar-refractivity contribution >= 4 is 33.5 Å². The van der Waals surface area contributed by atoms with Crippen molar-refractivity contribution in [1.82, 2.24) is 0 Å². The predicted octanol–water partition coefficient (Wildman–Crippen LogP) is 5.03. The summed E-state index contributed by atoms with van der Waals surface area (Å²) in [6.07, 6.45) is 0.232. The zero-order valence-corrected chi connectivity index (χ0v) is 15.8. The van der Waals surface area contributed by atoms with Gasteiger partial charge in [0.15, 0.2) is 6.10 Å². The molecule has 0 aliphatic rings. The number of rotatable bonds is 5. The molecule has 0 fully saturated rings. The van der Waals surface area contributed by atoms with E-state index in [1.807, 2.05) is 30.3 Å². The average Bonchev–Trinajstić information content (AvgIpc) is 3.14. The molecule has 0 aliphatic heterocycles. The molecular formula is C20H15BrFNO4. The maximum atomic E-state index is 13.8. The van der Waals surface area contributed by atoms with Crippen LogP contribution in [0.25, 0.3) is 11.1 Å². The number of amides is 1. The number of furan rings is 1. The first-order valence-corrected chi connectivity index (χ1v) is 8.85. The fourth-order valence-corrected chi connectivity index (χ4v) is 2.74. The summed E-state index contributed by atoms with van der Waals surface area (Å²) in [6.45, 7) is 1.40. The largest absolute Gasteiger partial charge is 0.457 e. The van der Waals surface area contributed by atoms with Crippen molar-refractivity contribution in [3.05, 3.63) is 76.9 Å². The van der Waals surface area contributed by atoms with Crippen LogP contribution in [-0.4, -0.2) is 18.0 Å². The van der Waals surface area contributed by atoms with Crippen molar-refractivity contribution < 1.29 is 23.1 Å². The number of nitrogens with one attached hydrogen (secondary N) is 1. The summed E-state index contributed by atoms with van der Waals surface area (Å²) < 4.78 is 24.8. The maximum absolute atomic E-state index is 13.8. The number of hydrogen-bond donors (Lipinski definition) is 1. The van der Waals surface area contributed by atoms with Crippen molar-refractivity contribution in [2.24, 2.45) is 0 Å². The van der Waals surface area contributed by atoms with E-state index in [0.29, 0.717) is 10.0 Å². The normalized spacial score (nSPS) is 11.7. The summed E-state index contributed by atoms with van der Waals surface area (Å²) in [4.78, 5) is 24.6. The lowest BCUT2D eigenvalue weighted by atomic mass is 10.1. The molecule has 2 aromatic carbocycles. The topological polar surface area (TPSA) is 68.5 Å². The van der Waals surface area contributed by atoms with E-state index in [-0.39, 0.29) is 11.4 Å². The van der Waals surface area contributed by atoms with Crippen molar-refractivity contribution in [2.45, 2.75) is 13.0 Å². The molecule has 0 saturated heterocycles. The highest BCUT2D eigenvalue weighted by Crippen LogP contribution is 2.26. The predicted molar refractivity (Wildman–Crippen MR) is 102 cm³/mol. The first-order valence-electron chi connectivity index (χ1n) is 8.05. The van der Waals surface area contributed by atoms with Crippen LogP contribution in [0.15, 0.2) is 69.8 Å². The molecule has 1 aromatic heterocycles. The van der Waals surface area contributed by atoms with E-state index in [1.165, 1.54) is 25.3 Å². The molecule has 0 aliphatic carbocycles. The fourth-order valence-electron chi connectivity index (χ4n) is 2.41. The number of ether oxygens (including phenoxy) is 1. The number of carbonyl (C=O) groups is 2. The van der Waals surface area contributed by atoms with Gasteiger partial charge in [0.1, 0.15) is 5.82 Å². The van der Waals surface area contributed by atoms with Gasteiger partial charge >= 0.3 is 5.97 Å². The van der Waals surface area contributed by atoms with E-state index in [9.17, 15) is 14.0 Å². The van der Waals surface area contributed by atoms with E-state index in [4.69, 9.17) is 9.15 Å². The Bertz CT molecular complexity index is 971. The highest BCUT2D eigenvalue weighted by Gasteiger charge is 2.24. The summed E-state index contributed by atoms with van der Waals surface area (Å²) in [7, 11) is 0. The molecule has 1 atom stereocenters. The molecule has 1 unspecified atom stereocenters. The maximum Gasteiger partial charge on any atom is 0.375 e. The molecule has 1 amide bonds. The highest BCUT2D eigenvalue weighted by atomic mass is 79.9. The van der Waals surface area contributed by atoms with E-state index in [2.05, 4.69) is 21.2 Å². The van der Waals surface area contributed by atoms with Crippen LogP contribution in [0.3, 0.4) is 0 Å². The van der Waals surface area contributed by atoms with Crippen molar-refractivity contribution in [3.8, 4) is 11.1 Å². The Balaban J connectivity index is 1.69. The molecule has 1 heterocycles. The Hall–Kier alpha value is -2.93. The second kappa shape index (κ2) is 8.18. The Labute approximate surface area is 163 Å². The number of esters is 1. The number of anilines is 1. The van der Waals surface area contributed by atoms with Gasteiger partial charge in [-0.05, 0) is 36.8 Å². The molecule has 7 heteroatoms. The van der Waals surface area contributed by atoms with Crippen LogP contribution in [0.2, 0.25) is 0 Å². The van der Waals surface area contributed by atoms with Gasteiger partial charge in [-0.3, -0.25) is 4.79 Å². The van der Waals surface area contributed by atoms with Crippen LogP contribution in [0, 0.1) is 5.82 Å². The van der Waals surface area contributed by atoms with Gasteiger partial charge in [-0.15, -0.1) is 0 Å². The third kappa shape index (κ3) is 4.43. The minimum atomic E-state index is -1.14. The Kier molecular flexibility index (Phi) is 5.71. The molecule has 0 bridgehead atoms. The smallest absolute Gasteiger partial charge is 0.375 e. The molecule has 27 heavy (non-hydrogen) atoms. The number of halogens is 2. The standard InChI is InChI=1S/C20H15BrFNO4/c1-12(19(24)23-17-8-7-14(21)11-16(17)22)27-20(25)18-15(9-10-26-18)13-5-3-2-4-6-13/h2-12H,1H3,(H,23,24). The second-order valence-corrected chi connectivity index (χ2v) is 6.61. The SMILES string of the molecule is CC(OC(=O)c1occc1-c1ccccc1)C(=O)Nc1ccc(Br)cc1F. The number of carbonyl (C=O) groups excluding carboxylic acids is 2. The molecule has 0 saturated carbocycles. The zero-order chi connectivity index (χ0) is 19.4. The molecule has 3 aromatic rings. The number of benzene rings is 2. The van der Waals surface area contributed by atoms with Crippen LogP contribution in [-0.2, 0) is 9.53 Å². The lowest BCUT2D eigenvalue weighted by molar-refractivity contribution is -0.123. The Morgan fingerprint density at radius 2 is 1.89 bits per heavy atom. The van der Waals surface area contributed by atoms with Crippen molar-refractivity contribution in [3.63, 3.8) is 0 Å². The second-order valence-electron chi connectivity index (χ2n) is 5.69. The summed E-state index contributed by atoms with van der Waals surface area (Å²) >= 11 is 3.14. The Morgan fingerprint density at radius 3 is 2.59 bits per heavy atom. The quantitative estimate of drug-likeness (QED) is 0.575. The van der Waals surface area contributed by atoms with Gasteiger partial charge in [0.05, 0.1) is 12.0 Å². The lowest BCUT2D eigenvalue weighted by Gasteiger charge is -2.14. The van der Waals surface area contributed by atoms with Crippen LogP contribution >= 0.6 is 15.9 Å². The molecule has 138 valence electrons. The summed E-state index contributed by atoms with van der Waals surface area (Å²) in [5.41, 5.74) is 1.34. The molecule has 0 radical (unpaired) electrons. The molecule has 5 nitrogen and oxygen atoms in total. The van der Waals surface area contributed by atoms with Gasteiger partial charge in [-0.25, -0.2) is 9.18 Å². The van der Waals surface area contributed by atoms with E-state index >= 15 is 0 Å². The van der Waals surface area contributed by atoms with Crippen molar-refractivity contribution in [1.29, 1.82) is 0 Å². The van der Waals surface area contributed by atoms with Gasteiger partial charge in [0.2, 0.25) is 5.76 Å². The van der Waals surface area contributed by atoms with Crippen LogP contribution in [0.1, 0.15) is 17.5 Å². The van der Waals surface area contributed by atoms with E-state index < -0.39 is 23.8 Å². The third-order valence-corrected chi connectivity index (χ3v) is 4.27. The molecule has 0 spiro atoms. The third-order valence-electron chi connectivity index (χ3n) is 3.78. The minimum absolute atomic E-state index is 0.00401. The van der Waals surface area contributed by atoms with E-state index in [1.54, 1.807) is 12.1 Å². The van der Waals surface area contributed by atoms with Crippen LogP contribution < -0.4 is 5.32 Å². The van der Waals surface area contributed by atoms with E-state index in [0.717, 1.165) is 5.56 Å². The summed E-state index contributed by atoms with van der Waals surface area (Å²) in [5, 5.41) is 2.39. The monoisotopic (exact) mass is 431 g/mol. The van der Waals surface area contributed by atoms with Crippen LogP contribution in [0.4, 0.5) is 10.1 Å². The van der Waals surface area contributed by atoms with Crippen LogP contribution in [0.5, 0.6) is 0 Å². The van der Waals surface area contributed by atoms with Gasteiger partial charge in [0.25, 0.3) is 5.91 Å². The number of hydrogen-bond acceptors (Lipinski definition) is 4. The highest BCUT2D eigenvalue weighted by molar-refractivity contribution is 9.10.